The quantitative estimate of drug-likeness (QED) is 0.731. The maximum absolute atomic E-state index is 11.5. The summed E-state index contributed by atoms with van der Waals surface area (Å²) in [6, 6.07) is 2.00. The van der Waals surface area contributed by atoms with Crippen molar-refractivity contribution in [2.24, 2.45) is 5.73 Å². The maximum Gasteiger partial charge on any atom is 0.224 e. The number of nitrogens with two attached hydrogens (primary N) is 1. The van der Waals surface area contributed by atoms with Crippen molar-refractivity contribution in [3.8, 4) is 5.75 Å². The van der Waals surface area contributed by atoms with Crippen LogP contribution in [0.25, 0.3) is 0 Å². The minimum absolute atomic E-state index is 0.0272. The zero-order chi connectivity index (χ0) is 13.6. The topological polar surface area (TPSA) is 84.6 Å². The highest BCUT2D eigenvalue weighted by atomic mass is 16.5. The van der Waals surface area contributed by atoms with Gasteiger partial charge in [-0.2, -0.15) is 0 Å². The minimum atomic E-state index is -0.177. The standard InChI is InChI=1S/C14H18N2O3/c1-7-4-9-10(6-17)11(5-15)19-14(9)8-2-3-12(18)16-13(7)8/h4,10-11,17H,2-3,5-6,15H2,1H3,(H,16,18). The van der Waals surface area contributed by atoms with Gasteiger partial charge in [-0.1, -0.05) is 0 Å². The highest BCUT2D eigenvalue weighted by Gasteiger charge is 2.37. The molecule has 0 aliphatic carbocycles. The number of anilines is 1. The van der Waals surface area contributed by atoms with Crippen LogP contribution in [-0.2, 0) is 11.2 Å². The van der Waals surface area contributed by atoms with Crippen LogP contribution >= 0.6 is 0 Å². The number of aryl methyl sites for hydroxylation is 1. The number of rotatable bonds is 2. The van der Waals surface area contributed by atoms with Gasteiger partial charge in [0.05, 0.1) is 12.3 Å². The van der Waals surface area contributed by atoms with Crippen LogP contribution in [0.1, 0.15) is 29.0 Å². The minimum Gasteiger partial charge on any atom is -0.488 e. The van der Waals surface area contributed by atoms with E-state index in [9.17, 15) is 9.90 Å². The summed E-state index contributed by atoms with van der Waals surface area (Å²) >= 11 is 0. The molecule has 3 rings (SSSR count). The number of fused-ring (bicyclic) bond motifs is 3. The zero-order valence-corrected chi connectivity index (χ0v) is 10.9. The van der Waals surface area contributed by atoms with Crippen molar-refractivity contribution in [2.45, 2.75) is 31.8 Å². The predicted octanol–water partition coefficient (Wildman–Crippen LogP) is 0.675. The molecule has 0 saturated heterocycles. The average molecular weight is 262 g/mol. The molecule has 1 aromatic carbocycles. The van der Waals surface area contributed by atoms with Crippen LogP contribution in [0.2, 0.25) is 0 Å². The molecule has 0 bridgehead atoms. The van der Waals surface area contributed by atoms with Crippen LogP contribution in [-0.4, -0.2) is 30.3 Å². The van der Waals surface area contributed by atoms with Gasteiger partial charge in [0, 0.05) is 30.0 Å². The molecule has 2 aliphatic heterocycles. The van der Waals surface area contributed by atoms with E-state index in [2.05, 4.69) is 5.32 Å². The van der Waals surface area contributed by atoms with E-state index in [-0.39, 0.29) is 24.5 Å². The number of amides is 1. The van der Waals surface area contributed by atoms with Crippen molar-refractivity contribution in [3.63, 3.8) is 0 Å². The lowest BCUT2D eigenvalue weighted by atomic mass is 9.89. The first-order valence-electron chi connectivity index (χ1n) is 6.59. The van der Waals surface area contributed by atoms with Gasteiger partial charge in [-0.15, -0.1) is 0 Å². The second-order valence-electron chi connectivity index (χ2n) is 5.19. The summed E-state index contributed by atoms with van der Waals surface area (Å²) < 4.78 is 5.91. The fourth-order valence-electron chi connectivity index (χ4n) is 3.03. The first-order valence-corrected chi connectivity index (χ1v) is 6.59. The van der Waals surface area contributed by atoms with Crippen molar-refractivity contribution in [1.82, 2.24) is 0 Å². The predicted molar refractivity (Wildman–Crippen MR) is 71.4 cm³/mol. The molecule has 2 atom stereocenters. The Bertz CT molecular complexity index is 542. The highest BCUT2D eigenvalue weighted by Crippen LogP contribution is 2.46. The summed E-state index contributed by atoms with van der Waals surface area (Å²) in [5, 5.41) is 12.5. The number of benzene rings is 1. The van der Waals surface area contributed by atoms with Gasteiger partial charge in [0.25, 0.3) is 0 Å². The van der Waals surface area contributed by atoms with Crippen molar-refractivity contribution in [3.05, 3.63) is 22.8 Å². The summed E-state index contributed by atoms with van der Waals surface area (Å²) in [6.45, 7) is 2.37. The molecule has 1 amide bonds. The summed E-state index contributed by atoms with van der Waals surface area (Å²) in [7, 11) is 0. The van der Waals surface area contributed by atoms with Crippen molar-refractivity contribution < 1.29 is 14.6 Å². The van der Waals surface area contributed by atoms with E-state index in [0.29, 0.717) is 19.4 Å². The smallest absolute Gasteiger partial charge is 0.224 e. The number of hydrogen-bond acceptors (Lipinski definition) is 4. The summed E-state index contributed by atoms with van der Waals surface area (Å²) in [5.41, 5.74) is 9.65. The van der Waals surface area contributed by atoms with Gasteiger partial charge in [0.1, 0.15) is 11.9 Å². The third-order valence-corrected chi connectivity index (χ3v) is 4.02. The van der Waals surface area contributed by atoms with E-state index >= 15 is 0 Å². The molecule has 2 heterocycles. The average Bonchev–Trinajstić information content (AvgIpc) is 2.76. The molecule has 0 fully saturated rings. The zero-order valence-electron chi connectivity index (χ0n) is 10.9. The second-order valence-corrected chi connectivity index (χ2v) is 5.19. The molecule has 0 saturated carbocycles. The fourth-order valence-corrected chi connectivity index (χ4v) is 3.03. The number of ether oxygens (including phenoxy) is 1. The number of aliphatic hydroxyl groups excluding tert-OH is 1. The molecular weight excluding hydrogens is 244 g/mol. The van der Waals surface area contributed by atoms with Gasteiger partial charge < -0.3 is 20.9 Å². The monoisotopic (exact) mass is 262 g/mol. The Hall–Kier alpha value is -1.59. The largest absolute Gasteiger partial charge is 0.488 e. The maximum atomic E-state index is 11.5. The summed E-state index contributed by atoms with van der Waals surface area (Å²) in [4.78, 5) is 11.5. The van der Waals surface area contributed by atoms with Gasteiger partial charge >= 0.3 is 0 Å². The Morgan fingerprint density at radius 3 is 3.00 bits per heavy atom. The van der Waals surface area contributed by atoms with Crippen LogP contribution in [0, 0.1) is 6.92 Å². The molecule has 5 heteroatoms. The van der Waals surface area contributed by atoms with Crippen molar-refractivity contribution in [1.29, 1.82) is 0 Å². The van der Waals surface area contributed by atoms with Gasteiger partial charge in [0.15, 0.2) is 0 Å². The molecule has 0 radical (unpaired) electrons. The van der Waals surface area contributed by atoms with Crippen LogP contribution < -0.4 is 15.8 Å². The SMILES string of the molecule is Cc1cc2c(c3c1NC(=O)CC3)OC(CN)C2CO. The number of carbonyl (C=O) groups excluding carboxylic acids is 1. The Labute approximate surface area is 111 Å². The normalized spacial score (nSPS) is 24.5. The lowest BCUT2D eigenvalue weighted by Gasteiger charge is -2.21. The number of hydrogen-bond donors (Lipinski definition) is 3. The molecule has 102 valence electrons. The van der Waals surface area contributed by atoms with E-state index in [1.807, 2.05) is 13.0 Å². The molecule has 2 aliphatic rings. The van der Waals surface area contributed by atoms with Crippen molar-refractivity contribution >= 4 is 11.6 Å². The Morgan fingerprint density at radius 2 is 2.32 bits per heavy atom. The lowest BCUT2D eigenvalue weighted by molar-refractivity contribution is -0.116. The number of nitrogens with one attached hydrogen (secondary N) is 1. The lowest BCUT2D eigenvalue weighted by Crippen LogP contribution is -2.30. The van der Waals surface area contributed by atoms with Gasteiger partial charge in [-0.05, 0) is 25.0 Å². The highest BCUT2D eigenvalue weighted by molar-refractivity contribution is 5.95. The Kier molecular flexibility index (Phi) is 2.95. The first-order chi connectivity index (χ1) is 9.15. The van der Waals surface area contributed by atoms with Gasteiger partial charge in [-0.3, -0.25) is 4.79 Å². The molecule has 5 nitrogen and oxygen atoms in total. The van der Waals surface area contributed by atoms with Crippen LogP contribution in [0.4, 0.5) is 5.69 Å². The summed E-state index contributed by atoms with van der Waals surface area (Å²) in [5.74, 6) is 0.791. The summed E-state index contributed by atoms with van der Waals surface area (Å²) in [6.07, 6.45) is 0.979. The van der Waals surface area contributed by atoms with Crippen LogP contribution in [0.5, 0.6) is 5.75 Å². The van der Waals surface area contributed by atoms with Gasteiger partial charge in [0.2, 0.25) is 5.91 Å². The Balaban J connectivity index is 2.12. The molecule has 19 heavy (non-hydrogen) atoms. The second kappa shape index (κ2) is 4.51. The molecule has 4 N–H and O–H groups in total. The fraction of sp³-hybridized carbons (Fsp3) is 0.500. The van der Waals surface area contributed by atoms with Crippen LogP contribution in [0.3, 0.4) is 0 Å². The van der Waals surface area contributed by atoms with Crippen molar-refractivity contribution in [2.75, 3.05) is 18.5 Å². The van der Waals surface area contributed by atoms with E-state index in [1.165, 1.54) is 0 Å². The molecule has 0 aromatic heterocycles. The number of carbonyl (C=O) groups is 1. The number of aliphatic hydroxyl groups is 1. The first kappa shape index (κ1) is 12.4. The van der Waals surface area contributed by atoms with E-state index in [0.717, 1.165) is 28.1 Å². The molecule has 1 aromatic rings. The van der Waals surface area contributed by atoms with E-state index < -0.39 is 0 Å². The third-order valence-electron chi connectivity index (χ3n) is 4.02. The Morgan fingerprint density at radius 1 is 1.53 bits per heavy atom. The van der Waals surface area contributed by atoms with E-state index in [1.54, 1.807) is 0 Å². The van der Waals surface area contributed by atoms with Crippen LogP contribution in [0.15, 0.2) is 6.07 Å². The molecule has 0 spiro atoms. The third kappa shape index (κ3) is 1.81. The van der Waals surface area contributed by atoms with Gasteiger partial charge in [-0.25, -0.2) is 0 Å². The molecular formula is C14H18N2O3. The van der Waals surface area contributed by atoms with E-state index in [4.69, 9.17) is 10.5 Å². The molecule has 2 unspecified atom stereocenters.